The van der Waals surface area contributed by atoms with Gasteiger partial charge in [-0.05, 0) is 42.6 Å². The summed E-state index contributed by atoms with van der Waals surface area (Å²) in [4.78, 5) is 23.9. The van der Waals surface area contributed by atoms with Gasteiger partial charge in [-0.3, -0.25) is 20.4 Å². The minimum Gasteiger partial charge on any atom is -0.494 e. The number of benzene rings is 1. The number of ether oxygens (including phenoxy) is 1. The summed E-state index contributed by atoms with van der Waals surface area (Å²) < 4.78 is 10.8. The van der Waals surface area contributed by atoms with Gasteiger partial charge in [0.1, 0.15) is 5.75 Å². The van der Waals surface area contributed by atoms with Crippen LogP contribution in [-0.4, -0.2) is 28.6 Å². The normalized spacial score (nSPS) is 10.4. The number of amides is 2. The Labute approximate surface area is 159 Å². The Morgan fingerprint density at radius 1 is 1.15 bits per heavy atom. The van der Waals surface area contributed by atoms with Gasteiger partial charge in [-0.15, -0.1) is 10.2 Å². The van der Waals surface area contributed by atoms with Crippen LogP contribution in [0, 0.1) is 0 Å². The molecule has 140 valence electrons. The molecule has 0 atom stereocenters. The molecule has 0 bridgehead atoms. The van der Waals surface area contributed by atoms with Gasteiger partial charge in [-0.1, -0.05) is 0 Å². The highest BCUT2D eigenvalue weighted by molar-refractivity contribution is 7.08. The van der Waals surface area contributed by atoms with Crippen molar-refractivity contribution < 1.29 is 18.7 Å². The lowest BCUT2D eigenvalue weighted by atomic mass is 10.2. The van der Waals surface area contributed by atoms with Crippen molar-refractivity contribution in [3.05, 3.63) is 52.5 Å². The van der Waals surface area contributed by atoms with Crippen LogP contribution in [0.15, 0.2) is 45.5 Å². The highest BCUT2D eigenvalue weighted by Gasteiger charge is 2.12. The van der Waals surface area contributed by atoms with Gasteiger partial charge in [0.2, 0.25) is 17.7 Å². The second-order valence-corrected chi connectivity index (χ2v) is 6.25. The summed E-state index contributed by atoms with van der Waals surface area (Å²) in [5.41, 5.74) is 6.00. The van der Waals surface area contributed by atoms with E-state index in [1.807, 2.05) is 23.8 Å². The number of aromatic nitrogens is 2. The van der Waals surface area contributed by atoms with Gasteiger partial charge in [-0.2, -0.15) is 11.3 Å². The van der Waals surface area contributed by atoms with Crippen molar-refractivity contribution in [1.82, 2.24) is 21.0 Å². The second-order valence-electron chi connectivity index (χ2n) is 5.47. The van der Waals surface area contributed by atoms with Crippen molar-refractivity contribution in [2.24, 2.45) is 0 Å². The molecule has 0 saturated carbocycles. The number of aryl methyl sites for hydroxylation is 1. The van der Waals surface area contributed by atoms with Crippen molar-refractivity contribution in [3.63, 3.8) is 0 Å². The molecule has 2 amide bonds. The number of carbonyl (C=O) groups excluding carboxylic acids is 2. The van der Waals surface area contributed by atoms with Crippen LogP contribution in [-0.2, 0) is 11.2 Å². The highest BCUT2D eigenvalue weighted by Crippen LogP contribution is 2.20. The Morgan fingerprint density at radius 3 is 2.67 bits per heavy atom. The molecule has 0 spiro atoms. The molecule has 2 N–H and O–H groups in total. The van der Waals surface area contributed by atoms with Gasteiger partial charge >= 0.3 is 0 Å². The summed E-state index contributed by atoms with van der Waals surface area (Å²) in [7, 11) is 0. The maximum absolute atomic E-state index is 12.0. The number of carbonyl (C=O) groups is 2. The first kappa shape index (κ1) is 18.6. The monoisotopic (exact) mass is 386 g/mol. The number of thiophene rings is 1. The Morgan fingerprint density at radius 2 is 1.96 bits per heavy atom. The molecule has 8 nitrogen and oxygen atoms in total. The number of hydrogen-bond donors (Lipinski definition) is 2. The zero-order valence-electron chi connectivity index (χ0n) is 14.6. The van der Waals surface area contributed by atoms with E-state index >= 15 is 0 Å². The molecule has 0 aliphatic heterocycles. The van der Waals surface area contributed by atoms with E-state index in [0.717, 1.165) is 5.56 Å². The molecule has 2 aromatic heterocycles. The number of hydrazine groups is 1. The third-order valence-electron chi connectivity index (χ3n) is 3.54. The average Bonchev–Trinajstić information content (AvgIpc) is 3.37. The molecular formula is C18H18N4O4S. The standard InChI is InChI=1S/C18H18N4O4S/c1-2-25-14-5-3-12(4-6-14)17(24)21-19-15(23)7-8-16-20-22-18(26-16)13-9-10-27-11-13/h3-6,9-11H,2,7-8H2,1H3,(H,19,23)(H,21,24). The molecule has 0 aliphatic carbocycles. The lowest BCUT2D eigenvalue weighted by Crippen LogP contribution is -2.41. The maximum atomic E-state index is 12.0. The van der Waals surface area contributed by atoms with Crippen LogP contribution in [0.2, 0.25) is 0 Å². The molecular weight excluding hydrogens is 368 g/mol. The van der Waals surface area contributed by atoms with Crippen molar-refractivity contribution in [3.8, 4) is 17.2 Å². The van der Waals surface area contributed by atoms with E-state index in [9.17, 15) is 9.59 Å². The van der Waals surface area contributed by atoms with Gasteiger partial charge in [-0.25, -0.2) is 0 Å². The Hall–Kier alpha value is -3.20. The maximum Gasteiger partial charge on any atom is 0.269 e. The van der Waals surface area contributed by atoms with Crippen molar-refractivity contribution in [2.75, 3.05) is 6.61 Å². The van der Waals surface area contributed by atoms with Crippen LogP contribution < -0.4 is 15.6 Å². The fourth-order valence-electron chi connectivity index (χ4n) is 2.21. The summed E-state index contributed by atoms with van der Waals surface area (Å²) >= 11 is 1.53. The van der Waals surface area contributed by atoms with Crippen LogP contribution >= 0.6 is 11.3 Å². The van der Waals surface area contributed by atoms with Gasteiger partial charge in [0.25, 0.3) is 5.91 Å². The number of hydrogen-bond acceptors (Lipinski definition) is 7. The third kappa shape index (κ3) is 5.14. The Balaban J connectivity index is 1.43. The average molecular weight is 386 g/mol. The molecule has 0 saturated heterocycles. The molecule has 27 heavy (non-hydrogen) atoms. The zero-order valence-corrected chi connectivity index (χ0v) is 15.4. The van der Waals surface area contributed by atoms with Gasteiger partial charge in [0.05, 0.1) is 6.61 Å². The minimum absolute atomic E-state index is 0.106. The van der Waals surface area contributed by atoms with Crippen LogP contribution in [0.3, 0.4) is 0 Å². The lowest BCUT2D eigenvalue weighted by Gasteiger charge is -2.07. The number of nitrogens with one attached hydrogen (secondary N) is 2. The molecule has 0 aliphatic rings. The minimum atomic E-state index is -0.413. The molecule has 2 heterocycles. The summed E-state index contributed by atoms with van der Waals surface area (Å²) in [6.45, 7) is 2.43. The molecule has 3 aromatic rings. The van der Waals surface area contributed by atoms with Crippen LogP contribution in [0.1, 0.15) is 29.6 Å². The zero-order chi connectivity index (χ0) is 19.1. The first-order valence-corrected chi connectivity index (χ1v) is 9.27. The van der Waals surface area contributed by atoms with E-state index in [1.54, 1.807) is 24.3 Å². The predicted octanol–water partition coefficient (Wildman–Crippen LogP) is 2.59. The Bertz CT molecular complexity index is 890. The molecule has 0 fully saturated rings. The summed E-state index contributed by atoms with van der Waals surface area (Å²) in [5.74, 6) is 0.701. The van der Waals surface area contributed by atoms with Gasteiger partial charge < -0.3 is 9.15 Å². The van der Waals surface area contributed by atoms with Gasteiger partial charge in [0.15, 0.2) is 0 Å². The van der Waals surface area contributed by atoms with E-state index in [4.69, 9.17) is 9.15 Å². The first-order chi connectivity index (χ1) is 13.2. The number of nitrogens with zero attached hydrogens (tertiary/aromatic N) is 2. The molecule has 0 unspecified atom stereocenters. The van der Waals surface area contributed by atoms with Crippen molar-refractivity contribution >= 4 is 23.2 Å². The van der Waals surface area contributed by atoms with E-state index in [1.165, 1.54) is 11.3 Å². The summed E-state index contributed by atoms with van der Waals surface area (Å²) in [5, 5.41) is 11.7. The predicted molar refractivity (Wildman–Crippen MR) is 99.2 cm³/mol. The lowest BCUT2D eigenvalue weighted by molar-refractivity contribution is -0.121. The fraction of sp³-hybridized carbons (Fsp3) is 0.222. The summed E-state index contributed by atoms with van der Waals surface area (Å²) in [6.07, 6.45) is 0.386. The van der Waals surface area contributed by atoms with E-state index in [0.29, 0.717) is 29.7 Å². The first-order valence-electron chi connectivity index (χ1n) is 8.32. The van der Waals surface area contributed by atoms with E-state index in [2.05, 4.69) is 21.0 Å². The van der Waals surface area contributed by atoms with Crippen LogP contribution in [0.5, 0.6) is 5.75 Å². The number of rotatable bonds is 7. The molecule has 3 rings (SSSR count). The van der Waals surface area contributed by atoms with Crippen molar-refractivity contribution in [1.29, 1.82) is 0 Å². The smallest absolute Gasteiger partial charge is 0.269 e. The SMILES string of the molecule is CCOc1ccc(C(=O)NNC(=O)CCc2nnc(-c3ccsc3)o2)cc1. The molecule has 1 aromatic carbocycles. The quantitative estimate of drug-likeness (QED) is 0.605. The van der Waals surface area contributed by atoms with E-state index in [-0.39, 0.29) is 18.7 Å². The molecule has 0 radical (unpaired) electrons. The summed E-state index contributed by atoms with van der Waals surface area (Å²) in [6, 6.07) is 8.51. The molecule has 9 heteroatoms. The van der Waals surface area contributed by atoms with Crippen molar-refractivity contribution in [2.45, 2.75) is 19.8 Å². The van der Waals surface area contributed by atoms with Crippen LogP contribution in [0.4, 0.5) is 0 Å². The second kappa shape index (κ2) is 8.95. The van der Waals surface area contributed by atoms with Crippen LogP contribution in [0.25, 0.3) is 11.5 Å². The topological polar surface area (TPSA) is 106 Å². The third-order valence-corrected chi connectivity index (χ3v) is 4.23. The fourth-order valence-corrected chi connectivity index (χ4v) is 2.84. The van der Waals surface area contributed by atoms with E-state index < -0.39 is 5.91 Å². The van der Waals surface area contributed by atoms with Gasteiger partial charge in [0, 0.05) is 29.3 Å². The highest BCUT2D eigenvalue weighted by atomic mass is 32.1. The Kier molecular flexibility index (Phi) is 6.16. The largest absolute Gasteiger partial charge is 0.494 e.